The molecule has 0 spiro atoms. The number of benzene rings is 1. The van der Waals surface area contributed by atoms with E-state index >= 15 is 0 Å². The van der Waals surface area contributed by atoms with Gasteiger partial charge in [-0.15, -0.1) is 0 Å². The second kappa shape index (κ2) is 7.77. The number of thiazole rings is 1. The number of nitrogens with zero attached hydrogens (tertiary/aromatic N) is 2. The van der Waals surface area contributed by atoms with Gasteiger partial charge in [0, 0.05) is 25.4 Å². The predicted molar refractivity (Wildman–Crippen MR) is 103 cm³/mol. The van der Waals surface area contributed by atoms with Crippen molar-refractivity contribution in [1.82, 2.24) is 10.3 Å². The van der Waals surface area contributed by atoms with E-state index in [-0.39, 0.29) is 18.2 Å². The zero-order valence-electron chi connectivity index (χ0n) is 14.9. The molecule has 0 unspecified atom stereocenters. The molecule has 2 saturated heterocycles. The van der Waals surface area contributed by atoms with Crippen molar-refractivity contribution in [3.8, 4) is 0 Å². The van der Waals surface area contributed by atoms with Crippen molar-refractivity contribution in [2.75, 3.05) is 43.1 Å². The van der Waals surface area contributed by atoms with E-state index in [9.17, 15) is 4.79 Å². The molecule has 2 fully saturated rings. The highest BCUT2D eigenvalue weighted by molar-refractivity contribution is 7.22. The van der Waals surface area contributed by atoms with Crippen LogP contribution in [-0.4, -0.2) is 56.1 Å². The number of amides is 2. The van der Waals surface area contributed by atoms with E-state index in [1.807, 2.05) is 25.1 Å². The fourth-order valence-corrected chi connectivity index (χ4v) is 4.40. The number of anilines is 2. The number of urea groups is 1. The highest BCUT2D eigenvalue weighted by Crippen LogP contribution is 2.31. The molecule has 2 N–H and O–H groups in total. The van der Waals surface area contributed by atoms with Crippen LogP contribution in [0, 0.1) is 0 Å². The molecule has 4 rings (SSSR count). The largest absolute Gasteiger partial charge is 0.378 e. The van der Waals surface area contributed by atoms with Gasteiger partial charge in [-0.1, -0.05) is 11.3 Å². The van der Waals surface area contributed by atoms with Crippen LogP contribution in [0.4, 0.5) is 15.6 Å². The molecule has 2 atom stereocenters. The summed E-state index contributed by atoms with van der Waals surface area (Å²) in [5, 5.41) is 6.89. The summed E-state index contributed by atoms with van der Waals surface area (Å²) in [6.07, 6.45) is 2.17. The first kappa shape index (κ1) is 17.5. The molecule has 1 aromatic heterocycles. The van der Waals surface area contributed by atoms with Crippen LogP contribution < -0.4 is 15.5 Å². The molecule has 7 nitrogen and oxygen atoms in total. The lowest BCUT2D eigenvalue weighted by Crippen LogP contribution is -2.42. The molecule has 2 aliphatic heterocycles. The van der Waals surface area contributed by atoms with Gasteiger partial charge >= 0.3 is 6.03 Å². The first-order valence-corrected chi connectivity index (χ1v) is 9.93. The van der Waals surface area contributed by atoms with E-state index in [0.29, 0.717) is 0 Å². The molecule has 0 saturated carbocycles. The molecule has 0 aliphatic carbocycles. The molecule has 26 heavy (non-hydrogen) atoms. The number of aromatic nitrogens is 1. The Balaban J connectivity index is 1.40. The lowest BCUT2D eigenvalue weighted by Gasteiger charge is -2.25. The summed E-state index contributed by atoms with van der Waals surface area (Å²) >= 11 is 1.65. The lowest BCUT2D eigenvalue weighted by molar-refractivity contribution is 0.0868. The molecular weight excluding hydrogens is 352 g/mol. The quantitative estimate of drug-likeness (QED) is 0.858. The predicted octanol–water partition coefficient (Wildman–Crippen LogP) is 2.82. The van der Waals surface area contributed by atoms with Crippen molar-refractivity contribution in [1.29, 1.82) is 0 Å². The summed E-state index contributed by atoms with van der Waals surface area (Å²) in [5.41, 5.74) is 1.72. The third-order valence-corrected chi connectivity index (χ3v) is 5.88. The first-order valence-electron chi connectivity index (χ1n) is 9.11. The average Bonchev–Trinajstić information content (AvgIpc) is 3.32. The molecule has 2 aromatic rings. The van der Waals surface area contributed by atoms with E-state index < -0.39 is 0 Å². The zero-order valence-corrected chi connectivity index (χ0v) is 15.7. The molecule has 140 valence electrons. The summed E-state index contributed by atoms with van der Waals surface area (Å²) in [6, 6.07) is 5.62. The molecule has 0 bridgehead atoms. The van der Waals surface area contributed by atoms with E-state index in [4.69, 9.17) is 14.5 Å². The number of hydrogen-bond acceptors (Lipinski definition) is 6. The van der Waals surface area contributed by atoms with E-state index in [2.05, 4.69) is 15.5 Å². The van der Waals surface area contributed by atoms with Gasteiger partial charge in [-0.3, -0.25) is 0 Å². The minimum atomic E-state index is -0.203. The summed E-state index contributed by atoms with van der Waals surface area (Å²) in [5.74, 6) is 0. The summed E-state index contributed by atoms with van der Waals surface area (Å²) in [6.45, 7) is 5.99. The highest BCUT2D eigenvalue weighted by Gasteiger charge is 2.23. The molecule has 1 aromatic carbocycles. The minimum Gasteiger partial charge on any atom is -0.378 e. The third kappa shape index (κ3) is 3.92. The maximum atomic E-state index is 12.3. The topological polar surface area (TPSA) is 75.7 Å². The number of ether oxygens (including phenoxy) is 2. The van der Waals surface area contributed by atoms with Crippen molar-refractivity contribution in [3.05, 3.63) is 18.2 Å². The Hall–Kier alpha value is -1.90. The molecule has 3 heterocycles. The number of morpholine rings is 1. The Morgan fingerprint density at radius 1 is 1.35 bits per heavy atom. The summed E-state index contributed by atoms with van der Waals surface area (Å²) in [4.78, 5) is 19.2. The Labute approximate surface area is 156 Å². The van der Waals surface area contributed by atoms with Gasteiger partial charge in [-0.25, -0.2) is 9.78 Å². The SMILES string of the molecule is C[C@@H](NC(=O)Nc1ccc2nc(N3CCOCC3)sc2c1)[C@@H]1CCCO1. The average molecular weight is 376 g/mol. The fraction of sp³-hybridized carbons (Fsp3) is 0.556. The van der Waals surface area contributed by atoms with Gasteiger partial charge in [0.25, 0.3) is 0 Å². The van der Waals surface area contributed by atoms with Crippen LogP contribution in [-0.2, 0) is 9.47 Å². The minimum absolute atomic E-state index is 0.00226. The third-order valence-electron chi connectivity index (χ3n) is 4.80. The fourth-order valence-electron chi connectivity index (χ4n) is 3.34. The van der Waals surface area contributed by atoms with E-state index in [1.54, 1.807) is 11.3 Å². The van der Waals surface area contributed by atoms with Crippen LogP contribution in [0.5, 0.6) is 0 Å². The number of rotatable bonds is 4. The van der Waals surface area contributed by atoms with Crippen LogP contribution in [0.3, 0.4) is 0 Å². The van der Waals surface area contributed by atoms with Gasteiger partial charge < -0.3 is 25.0 Å². The number of hydrogen-bond donors (Lipinski definition) is 2. The summed E-state index contributed by atoms with van der Waals surface area (Å²) < 4.78 is 12.1. The van der Waals surface area contributed by atoms with Crippen molar-refractivity contribution in [3.63, 3.8) is 0 Å². The van der Waals surface area contributed by atoms with Crippen LogP contribution in [0.2, 0.25) is 0 Å². The van der Waals surface area contributed by atoms with Crippen molar-refractivity contribution < 1.29 is 14.3 Å². The Morgan fingerprint density at radius 3 is 2.96 bits per heavy atom. The maximum absolute atomic E-state index is 12.3. The number of carbonyl (C=O) groups excluding carboxylic acids is 1. The number of carbonyl (C=O) groups is 1. The smallest absolute Gasteiger partial charge is 0.319 e. The lowest BCUT2D eigenvalue weighted by atomic mass is 10.1. The molecular formula is C18H24N4O3S. The van der Waals surface area contributed by atoms with Gasteiger partial charge in [0.05, 0.1) is 35.6 Å². The molecule has 2 aliphatic rings. The Kier molecular flexibility index (Phi) is 5.23. The number of nitrogens with one attached hydrogen (secondary N) is 2. The van der Waals surface area contributed by atoms with Crippen molar-refractivity contribution in [2.45, 2.75) is 31.9 Å². The van der Waals surface area contributed by atoms with Crippen molar-refractivity contribution >= 4 is 38.4 Å². The first-order chi connectivity index (χ1) is 12.7. The second-order valence-electron chi connectivity index (χ2n) is 6.72. The van der Waals surface area contributed by atoms with E-state index in [0.717, 1.165) is 66.8 Å². The Morgan fingerprint density at radius 2 is 2.19 bits per heavy atom. The highest BCUT2D eigenvalue weighted by atomic mass is 32.1. The zero-order chi connectivity index (χ0) is 17.9. The van der Waals surface area contributed by atoms with Crippen LogP contribution in [0.25, 0.3) is 10.2 Å². The monoisotopic (exact) mass is 376 g/mol. The molecule has 0 radical (unpaired) electrons. The van der Waals surface area contributed by atoms with E-state index in [1.165, 1.54) is 0 Å². The Bertz CT molecular complexity index is 769. The van der Waals surface area contributed by atoms with Crippen LogP contribution >= 0.6 is 11.3 Å². The van der Waals surface area contributed by atoms with Crippen LogP contribution in [0.15, 0.2) is 18.2 Å². The number of fused-ring (bicyclic) bond motifs is 1. The standard InChI is InChI=1S/C18H24N4O3S/c1-12(15-3-2-8-25-15)19-17(23)20-13-4-5-14-16(11-13)26-18(21-14)22-6-9-24-10-7-22/h4-5,11-12,15H,2-3,6-10H2,1H3,(H2,19,20,23)/t12-,15+/m1/s1. The van der Waals surface area contributed by atoms with Gasteiger partial charge in [-0.05, 0) is 38.0 Å². The van der Waals surface area contributed by atoms with Crippen molar-refractivity contribution in [2.24, 2.45) is 0 Å². The summed E-state index contributed by atoms with van der Waals surface area (Å²) in [7, 11) is 0. The maximum Gasteiger partial charge on any atom is 0.319 e. The van der Waals surface area contributed by atoms with Gasteiger partial charge in [0.2, 0.25) is 0 Å². The molecule has 2 amide bonds. The normalized spacial score (nSPS) is 21.7. The van der Waals surface area contributed by atoms with Crippen LogP contribution in [0.1, 0.15) is 19.8 Å². The second-order valence-corrected chi connectivity index (χ2v) is 7.73. The van der Waals surface area contributed by atoms with Gasteiger partial charge in [0.15, 0.2) is 5.13 Å². The van der Waals surface area contributed by atoms with Gasteiger partial charge in [-0.2, -0.15) is 0 Å². The van der Waals surface area contributed by atoms with Gasteiger partial charge in [0.1, 0.15) is 0 Å². The molecule has 8 heteroatoms.